The second-order valence-corrected chi connectivity index (χ2v) is 8.98. The fraction of sp³-hybridized carbons (Fsp3) is 0.148. The number of anilines is 1. The van der Waals surface area contributed by atoms with Crippen LogP contribution in [0, 0.1) is 13.8 Å². The number of halogens is 1. The van der Waals surface area contributed by atoms with E-state index in [1.807, 2.05) is 31.2 Å². The molecule has 1 N–H and O–H groups in total. The highest BCUT2D eigenvalue weighted by Gasteiger charge is 2.37. The van der Waals surface area contributed by atoms with E-state index in [4.69, 9.17) is 9.47 Å². The average Bonchev–Trinajstić information content (AvgIpc) is 2.83. The van der Waals surface area contributed by atoms with Crippen LogP contribution >= 0.6 is 15.9 Å². The SMILES string of the molecule is COc1ccc(/C=C2/C(=O)NC(=O)N(c3ccc(Br)cc3C)C2=O)c(OCc2ccc(C)cc2)c1. The van der Waals surface area contributed by atoms with Gasteiger partial charge in [0, 0.05) is 16.1 Å². The summed E-state index contributed by atoms with van der Waals surface area (Å²) < 4.78 is 12.2. The van der Waals surface area contributed by atoms with E-state index in [2.05, 4.69) is 21.2 Å². The van der Waals surface area contributed by atoms with Gasteiger partial charge in [-0.15, -0.1) is 0 Å². The van der Waals surface area contributed by atoms with E-state index < -0.39 is 17.8 Å². The molecule has 178 valence electrons. The molecule has 1 heterocycles. The Labute approximate surface area is 211 Å². The monoisotopic (exact) mass is 534 g/mol. The van der Waals surface area contributed by atoms with Crippen molar-refractivity contribution in [2.45, 2.75) is 20.5 Å². The molecule has 7 nitrogen and oxygen atoms in total. The molecule has 0 aliphatic carbocycles. The Kier molecular flexibility index (Phi) is 7.02. The van der Waals surface area contributed by atoms with Crippen LogP contribution in [-0.2, 0) is 16.2 Å². The van der Waals surface area contributed by atoms with Crippen LogP contribution in [0.1, 0.15) is 22.3 Å². The summed E-state index contributed by atoms with van der Waals surface area (Å²) in [4.78, 5) is 39.5. The summed E-state index contributed by atoms with van der Waals surface area (Å²) in [6.45, 7) is 4.07. The van der Waals surface area contributed by atoms with Crippen molar-refractivity contribution in [1.29, 1.82) is 0 Å². The van der Waals surface area contributed by atoms with Crippen LogP contribution < -0.4 is 19.7 Å². The Balaban J connectivity index is 1.69. The second kappa shape index (κ2) is 10.1. The van der Waals surface area contributed by atoms with Gasteiger partial charge in [0.1, 0.15) is 23.7 Å². The molecule has 3 aromatic rings. The second-order valence-electron chi connectivity index (χ2n) is 8.07. The first-order valence-corrected chi connectivity index (χ1v) is 11.6. The molecule has 35 heavy (non-hydrogen) atoms. The van der Waals surface area contributed by atoms with E-state index in [0.717, 1.165) is 20.5 Å². The van der Waals surface area contributed by atoms with Gasteiger partial charge in [0.25, 0.3) is 11.8 Å². The number of nitrogens with zero attached hydrogens (tertiary/aromatic N) is 1. The first-order valence-electron chi connectivity index (χ1n) is 10.8. The first-order chi connectivity index (χ1) is 16.8. The topological polar surface area (TPSA) is 84.9 Å². The van der Waals surface area contributed by atoms with Crippen molar-refractivity contribution in [3.63, 3.8) is 0 Å². The van der Waals surface area contributed by atoms with Crippen LogP contribution in [0.4, 0.5) is 10.5 Å². The number of hydrogen-bond acceptors (Lipinski definition) is 5. The molecule has 0 saturated carbocycles. The third-order valence-corrected chi connectivity index (χ3v) is 6.03. The maximum atomic E-state index is 13.3. The number of aryl methyl sites for hydroxylation is 2. The van der Waals surface area contributed by atoms with Crippen LogP contribution in [0.5, 0.6) is 11.5 Å². The van der Waals surface area contributed by atoms with Gasteiger partial charge in [-0.3, -0.25) is 14.9 Å². The standard InChI is InChI=1S/C27H23BrN2O5/c1-16-4-6-18(7-5-16)15-35-24-14-21(34-3)10-8-19(24)13-22-25(31)29-27(33)30(26(22)32)23-11-9-20(28)12-17(23)2/h4-14H,15H2,1-3H3,(H,29,31,33)/b22-13-. The molecular formula is C27H23BrN2O5. The Morgan fingerprint density at radius 1 is 0.971 bits per heavy atom. The number of imide groups is 2. The number of urea groups is 1. The van der Waals surface area contributed by atoms with Gasteiger partial charge in [0.15, 0.2) is 0 Å². The zero-order valence-corrected chi connectivity index (χ0v) is 21.0. The summed E-state index contributed by atoms with van der Waals surface area (Å²) in [7, 11) is 1.54. The van der Waals surface area contributed by atoms with Gasteiger partial charge in [0.2, 0.25) is 0 Å². The van der Waals surface area contributed by atoms with Crippen molar-refractivity contribution >= 4 is 45.5 Å². The normalized spacial score (nSPS) is 14.8. The van der Waals surface area contributed by atoms with E-state index in [1.54, 1.807) is 50.4 Å². The molecule has 4 amide bonds. The van der Waals surface area contributed by atoms with Crippen molar-refractivity contribution in [2.75, 3.05) is 12.0 Å². The lowest BCUT2D eigenvalue weighted by Crippen LogP contribution is -2.54. The van der Waals surface area contributed by atoms with E-state index in [1.165, 1.54) is 6.08 Å². The lowest BCUT2D eigenvalue weighted by atomic mass is 10.0. The number of hydrogen-bond donors (Lipinski definition) is 1. The molecular weight excluding hydrogens is 512 g/mol. The van der Waals surface area contributed by atoms with Gasteiger partial charge in [-0.1, -0.05) is 45.8 Å². The maximum Gasteiger partial charge on any atom is 0.335 e. The zero-order chi connectivity index (χ0) is 25.1. The summed E-state index contributed by atoms with van der Waals surface area (Å²) in [5.41, 5.74) is 3.51. The average molecular weight is 535 g/mol. The van der Waals surface area contributed by atoms with Crippen molar-refractivity contribution in [3.05, 3.63) is 93.0 Å². The van der Waals surface area contributed by atoms with Gasteiger partial charge in [-0.2, -0.15) is 0 Å². The predicted octanol–water partition coefficient (Wildman–Crippen LogP) is 5.32. The molecule has 1 aliphatic heterocycles. The minimum absolute atomic E-state index is 0.183. The number of rotatable bonds is 6. The molecule has 1 fully saturated rings. The molecule has 0 radical (unpaired) electrons. The molecule has 3 aromatic carbocycles. The lowest BCUT2D eigenvalue weighted by Gasteiger charge is -2.27. The Morgan fingerprint density at radius 2 is 1.71 bits per heavy atom. The number of amides is 4. The van der Waals surface area contributed by atoms with Gasteiger partial charge in [0.05, 0.1) is 12.8 Å². The number of benzene rings is 3. The molecule has 0 aromatic heterocycles. The quantitative estimate of drug-likeness (QED) is 0.341. The van der Waals surface area contributed by atoms with Crippen molar-refractivity contribution in [3.8, 4) is 11.5 Å². The highest BCUT2D eigenvalue weighted by Crippen LogP contribution is 2.31. The van der Waals surface area contributed by atoms with Crippen LogP contribution in [0.15, 0.2) is 70.7 Å². The van der Waals surface area contributed by atoms with Crippen LogP contribution in [0.2, 0.25) is 0 Å². The van der Waals surface area contributed by atoms with E-state index in [0.29, 0.717) is 28.3 Å². The molecule has 0 bridgehead atoms. The highest BCUT2D eigenvalue weighted by molar-refractivity contribution is 9.10. The molecule has 4 rings (SSSR count). The van der Waals surface area contributed by atoms with Crippen molar-refractivity contribution in [1.82, 2.24) is 5.32 Å². The number of nitrogens with one attached hydrogen (secondary N) is 1. The number of carbonyl (C=O) groups is 3. The summed E-state index contributed by atoms with van der Waals surface area (Å²) >= 11 is 3.38. The maximum absolute atomic E-state index is 13.3. The smallest absolute Gasteiger partial charge is 0.335 e. The molecule has 0 spiro atoms. The van der Waals surface area contributed by atoms with Gasteiger partial charge in [-0.25, -0.2) is 9.69 Å². The molecule has 8 heteroatoms. The number of carbonyl (C=O) groups excluding carboxylic acids is 3. The predicted molar refractivity (Wildman–Crippen MR) is 136 cm³/mol. The molecule has 1 saturated heterocycles. The van der Waals surface area contributed by atoms with Crippen LogP contribution in [0.25, 0.3) is 6.08 Å². The van der Waals surface area contributed by atoms with Crippen molar-refractivity contribution in [2.24, 2.45) is 0 Å². The molecule has 0 atom stereocenters. The van der Waals surface area contributed by atoms with E-state index in [9.17, 15) is 14.4 Å². The van der Waals surface area contributed by atoms with Crippen LogP contribution in [0.3, 0.4) is 0 Å². The van der Waals surface area contributed by atoms with Gasteiger partial charge < -0.3 is 9.47 Å². The van der Waals surface area contributed by atoms with E-state index in [-0.39, 0.29) is 12.2 Å². The molecule has 1 aliphatic rings. The largest absolute Gasteiger partial charge is 0.497 e. The summed E-state index contributed by atoms with van der Waals surface area (Å²) in [5, 5.41) is 2.26. The summed E-state index contributed by atoms with van der Waals surface area (Å²) in [6, 6.07) is 17.4. The highest BCUT2D eigenvalue weighted by atomic mass is 79.9. The fourth-order valence-electron chi connectivity index (χ4n) is 3.63. The number of ether oxygens (including phenoxy) is 2. The summed E-state index contributed by atoms with van der Waals surface area (Å²) in [6.07, 6.45) is 1.43. The number of methoxy groups -OCH3 is 1. The van der Waals surface area contributed by atoms with Crippen LogP contribution in [-0.4, -0.2) is 25.0 Å². The third kappa shape index (κ3) is 5.27. The fourth-order valence-corrected chi connectivity index (χ4v) is 4.11. The Morgan fingerprint density at radius 3 is 2.40 bits per heavy atom. The van der Waals surface area contributed by atoms with E-state index >= 15 is 0 Å². The zero-order valence-electron chi connectivity index (χ0n) is 19.4. The van der Waals surface area contributed by atoms with Gasteiger partial charge >= 0.3 is 6.03 Å². The Hall–Kier alpha value is -3.91. The first kappa shape index (κ1) is 24.2. The molecule has 0 unspecified atom stereocenters. The van der Waals surface area contributed by atoms with Gasteiger partial charge in [-0.05, 0) is 61.4 Å². The lowest BCUT2D eigenvalue weighted by molar-refractivity contribution is -0.122. The third-order valence-electron chi connectivity index (χ3n) is 5.54. The van der Waals surface area contributed by atoms with Crippen molar-refractivity contribution < 1.29 is 23.9 Å². The number of barbiturate groups is 1. The minimum atomic E-state index is -0.798. The Bertz CT molecular complexity index is 1350. The minimum Gasteiger partial charge on any atom is -0.497 e. The summed E-state index contributed by atoms with van der Waals surface area (Å²) in [5.74, 6) is -0.496.